The number of imidazole rings is 1. The molecule has 0 bridgehead atoms. The van der Waals surface area contributed by atoms with E-state index in [4.69, 9.17) is 9.26 Å². The standard InChI is InChI=1S/C19H17N5O2/c1-24-13-20-12-15(24)8-10-18-22-19(23-26-18)14-7-9-17(21-11-14)25-16-5-3-2-4-6-16/h2-7,9,11-13H,8,10H2,1H3. The number of para-hydroxylation sites is 1. The lowest BCUT2D eigenvalue weighted by atomic mass is 10.2. The molecule has 0 spiro atoms. The SMILES string of the molecule is Cn1cncc1CCc1nc(-c2ccc(Oc3ccccc3)nc2)no1. The molecule has 0 fully saturated rings. The third-order valence-electron chi connectivity index (χ3n) is 3.94. The average molecular weight is 347 g/mol. The molecule has 4 rings (SSSR count). The minimum atomic E-state index is 0.514. The lowest BCUT2D eigenvalue weighted by molar-refractivity contribution is 0.378. The van der Waals surface area contributed by atoms with E-state index in [1.54, 1.807) is 18.6 Å². The van der Waals surface area contributed by atoms with Crippen LogP contribution < -0.4 is 4.74 Å². The smallest absolute Gasteiger partial charge is 0.227 e. The zero-order valence-electron chi connectivity index (χ0n) is 14.2. The number of pyridine rings is 1. The van der Waals surface area contributed by atoms with Crippen LogP contribution in [0.2, 0.25) is 0 Å². The first-order valence-electron chi connectivity index (χ1n) is 8.25. The van der Waals surface area contributed by atoms with Gasteiger partial charge >= 0.3 is 0 Å². The highest BCUT2D eigenvalue weighted by molar-refractivity contribution is 5.53. The molecule has 0 aliphatic carbocycles. The van der Waals surface area contributed by atoms with E-state index in [1.165, 1.54) is 0 Å². The first-order valence-corrected chi connectivity index (χ1v) is 8.25. The summed E-state index contributed by atoms with van der Waals surface area (Å²) in [6, 6.07) is 13.2. The van der Waals surface area contributed by atoms with Crippen molar-refractivity contribution >= 4 is 0 Å². The summed E-state index contributed by atoms with van der Waals surface area (Å²) in [5.41, 5.74) is 1.90. The molecular weight excluding hydrogens is 330 g/mol. The summed E-state index contributed by atoms with van der Waals surface area (Å²) in [6.45, 7) is 0. The number of aryl methyl sites for hydroxylation is 3. The van der Waals surface area contributed by atoms with Crippen molar-refractivity contribution in [3.05, 3.63) is 72.8 Å². The van der Waals surface area contributed by atoms with Crippen LogP contribution >= 0.6 is 0 Å². The fourth-order valence-electron chi connectivity index (χ4n) is 2.52. The summed E-state index contributed by atoms with van der Waals surface area (Å²) in [5, 5.41) is 4.03. The molecule has 0 atom stereocenters. The molecule has 0 saturated heterocycles. The molecule has 0 aliphatic rings. The molecule has 3 heterocycles. The van der Waals surface area contributed by atoms with Crippen molar-refractivity contribution in [3.8, 4) is 23.0 Å². The van der Waals surface area contributed by atoms with Gasteiger partial charge in [-0.05, 0) is 24.6 Å². The molecule has 0 saturated carbocycles. The molecule has 3 aromatic heterocycles. The molecule has 0 radical (unpaired) electrons. The third kappa shape index (κ3) is 3.61. The van der Waals surface area contributed by atoms with E-state index in [1.807, 2.05) is 54.2 Å². The molecule has 7 heteroatoms. The summed E-state index contributed by atoms with van der Waals surface area (Å²) in [7, 11) is 1.96. The Balaban J connectivity index is 1.41. The lowest BCUT2D eigenvalue weighted by Crippen LogP contribution is -1.98. The van der Waals surface area contributed by atoms with Gasteiger partial charge in [-0.25, -0.2) is 9.97 Å². The first kappa shape index (κ1) is 16.0. The highest BCUT2D eigenvalue weighted by Gasteiger charge is 2.10. The van der Waals surface area contributed by atoms with E-state index < -0.39 is 0 Å². The van der Waals surface area contributed by atoms with Gasteiger partial charge in [0.15, 0.2) is 0 Å². The van der Waals surface area contributed by atoms with Crippen LogP contribution in [0, 0.1) is 0 Å². The fourth-order valence-corrected chi connectivity index (χ4v) is 2.52. The molecule has 26 heavy (non-hydrogen) atoms. The van der Waals surface area contributed by atoms with Gasteiger partial charge in [-0.2, -0.15) is 4.98 Å². The Hall–Kier alpha value is -3.48. The van der Waals surface area contributed by atoms with Crippen molar-refractivity contribution in [1.29, 1.82) is 0 Å². The predicted octanol–water partition coefficient (Wildman–Crippen LogP) is 3.44. The van der Waals surface area contributed by atoms with Crippen LogP contribution in [-0.4, -0.2) is 24.7 Å². The second-order valence-electron chi connectivity index (χ2n) is 5.81. The zero-order chi connectivity index (χ0) is 17.8. The maximum Gasteiger partial charge on any atom is 0.227 e. The maximum absolute atomic E-state index is 5.68. The van der Waals surface area contributed by atoms with Crippen LogP contribution in [0.1, 0.15) is 11.6 Å². The van der Waals surface area contributed by atoms with Crippen LogP contribution in [-0.2, 0) is 19.9 Å². The number of ether oxygens (including phenoxy) is 1. The van der Waals surface area contributed by atoms with Crippen LogP contribution in [0.4, 0.5) is 0 Å². The fraction of sp³-hybridized carbons (Fsp3) is 0.158. The molecule has 7 nitrogen and oxygen atoms in total. The number of hydrogen-bond acceptors (Lipinski definition) is 6. The number of nitrogens with zero attached hydrogens (tertiary/aromatic N) is 5. The Morgan fingerprint density at radius 1 is 1.04 bits per heavy atom. The Labute approximate surface area is 150 Å². The molecule has 0 aliphatic heterocycles. The van der Waals surface area contributed by atoms with E-state index in [2.05, 4.69) is 20.1 Å². The van der Waals surface area contributed by atoms with Crippen LogP contribution in [0.5, 0.6) is 11.6 Å². The molecule has 0 amide bonds. The molecule has 4 aromatic rings. The van der Waals surface area contributed by atoms with Crippen molar-refractivity contribution in [2.45, 2.75) is 12.8 Å². The quantitative estimate of drug-likeness (QED) is 0.531. The Bertz CT molecular complexity index is 977. The molecule has 1 aromatic carbocycles. The first-order chi connectivity index (χ1) is 12.8. The summed E-state index contributed by atoms with van der Waals surface area (Å²) in [4.78, 5) is 12.8. The maximum atomic E-state index is 5.68. The summed E-state index contributed by atoms with van der Waals surface area (Å²) < 4.78 is 13.0. The summed E-state index contributed by atoms with van der Waals surface area (Å²) in [5.74, 6) is 2.36. The highest BCUT2D eigenvalue weighted by Crippen LogP contribution is 2.22. The van der Waals surface area contributed by atoms with E-state index in [0.29, 0.717) is 24.0 Å². The average Bonchev–Trinajstić information content (AvgIpc) is 3.30. The van der Waals surface area contributed by atoms with Crippen molar-refractivity contribution in [3.63, 3.8) is 0 Å². The third-order valence-corrected chi connectivity index (χ3v) is 3.94. The second-order valence-corrected chi connectivity index (χ2v) is 5.81. The number of aromatic nitrogens is 5. The summed E-state index contributed by atoms with van der Waals surface area (Å²) in [6.07, 6.45) is 6.75. The number of benzene rings is 1. The Kier molecular flexibility index (Phi) is 4.42. The van der Waals surface area contributed by atoms with Crippen molar-refractivity contribution < 1.29 is 9.26 Å². The van der Waals surface area contributed by atoms with Crippen LogP contribution in [0.25, 0.3) is 11.4 Å². The predicted molar refractivity (Wildman–Crippen MR) is 94.7 cm³/mol. The minimum absolute atomic E-state index is 0.514. The van der Waals surface area contributed by atoms with Crippen molar-refractivity contribution in [2.75, 3.05) is 0 Å². The van der Waals surface area contributed by atoms with E-state index in [9.17, 15) is 0 Å². The van der Waals surface area contributed by atoms with Gasteiger partial charge in [-0.3, -0.25) is 0 Å². The van der Waals surface area contributed by atoms with E-state index >= 15 is 0 Å². The largest absolute Gasteiger partial charge is 0.439 e. The topological polar surface area (TPSA) is 78.9 Å². The zero-order valence-corrected chi connectivity index (χ0v) is 14.2. The van der Waals surface area contributed by atoms with Gasteiger partial charge in [-0.1, -0.05) is 23.4 Å². The second kappa shape index (κ2) is 7.18. The molecule has 130 valence electrons. The van der Waals surface area contributed by atoms with Gasteiger partial charge in [0.1, 0.15) is 5.75 Å². The molecule has 0 N–H and O–H groups in total. The highest BCUT2D eigenvalue weighted by atomic mass is 16.5. The van der Waals surface area contributed by atoms with Gasteiger partial charge in [-0.15, -0.1) is 0 Å². The summed E-state index contributed by atoms with van der Waals surface area (Å²) >= 11 is 0. The molecule has 0 unspecified atom stereocenters. The van der Waals surface area contributed by atoms with E-state index in [-0.39, 0.29) is 0 Å². The van der Waals surface area contributed by atoms with Crippen LogP contribution in [0.15, 0.2) is 65.7 Å². The number of hydrogen-bond donors (Lipinski definition) is 0. The Morgan fingerprint density at radius 2 is 1.92 bits per heavy atom. The van der Waals surface area contributed by atoms with E-state index in [0.717, 1.165) is 23.4 Å². The van der Waals surface area contributed by atoms with Gasteiger partial charge < -0.3 is 13.8 Å². The van der Waals surface area contributed by atoms with Gasteiger partial charge in [0, 0.05) is 43.2 Å². The normalized spacial score (nSPS) is 10.8. The van der Waals surface area contributed by atoms with Crippen molar-refractivity contribution in [2.24, 2.45) is 7.05 Å². The molecular formula is C19H17N5O2. The lowest BCUT2D eigenvalue weighted by Gasteiger charge is -2.04. The van der Waals surface area contributed by atoms with Gasteiger partial charge in [0.05, 0.1) is 6.33 Å². The van der Waals surface area contributed by atoms with Crippen LogP contribution in [0.3, 0.4) is 0 Å². The van der Waals surface area contributed by atoms with Crippen molar-refractivity contribution in [1.82, 2.24) is 24.7 Å². The minimum Gasteiger partial charge on any atom is -0.439 e. The Morgan fingerprint density at radius 3 is 2.65 bits per heavy atom. The van der Waals surface area contributed by atoms with Gasteiger partial charge in [0.25, 0.3) is 0 Å². The van der Waals surface area contributed by atoms with Gasteiger partial charge in [0.2, 0.25) is 17.6 Å². The monoisotopic (exact) mass is 347 g/mol. The number of rotatable bonds is 6.